The van der Waals surface area contributed by atoms with E-state index in [1.54, 1.807) is 31.4 Å². The van der Waals surface area contributed by atoms with Crippen molar-refractivity contribution in [1.82, 2.24) is 0 Å². The smallest absolute Gasteiger partial charge is 0.344 e. The summed E-state index contributed by atoms with van der Waals surface area (Å²) in [4.78, 5) is 24.1. The predicted octanol–water partition coefficient (Wildman–Crippen LogP) is 5.06. The maximum absolute atomic E-state index is 12.9. The summed E-state index contributed by atoms with van der Waals surface area (Å²) in [6, 6.07) is 21.7. The van der Waals surface area contributed by atoms with Crippen molar-refractivity contribution in [3.63, 3.8) is 0 Å². The molecule has 0 aliphatic rings. The third kappa shape index (κ3) is 3.62. The molecule has 29 heavy (non-hydrogen) atoms. The van der Waals surface area contributed by atoms with Crippen molar-refractivity contribution in [3.8, 4) is 33.8 Å². The summed E-state index contributed by atoms with van der Waals surface area (Å²) in [6.07, 6.45) is 0. The molecule has 4 aromatic rings. The standard InChI is InChI=1S/C24H18O5/c1-15(25)28-18-10-8-17(9-11-18)22-20-14-19(27-2)12-13-21(20)29-24(26)23(22)16-6-4-3-5-7-16/h3-14H,1-2H3. The topological polar surface area (TPSA) is 65.7 Å². The van der Waals surface area contributed by atoms with Gasteiger partial charge in [0.2, 0.25) is 0 Å². The minimum atomic E-state index is -0.423. The van der Waals surface area contributed by atoms with Gasteiger partial charge < -0.3 is 13.9 Å². The Hall–Kier alpha value is -3.86. The summed E-state index contributed by atoms with van der Waals surface area (Å²) in [5.41, 5.74) is 2.79. The zero-order valence-electron chi connectivity index (χ0n) is 16.0. The first-order valence-corrected chi connectivity index (χ1v) is 9.06. The number of methoxy groups -OCH3 is 1. The largest absolute Gasteiger partial charge is 0.497 e. The average molecular weight is 386 g/mol. The van der Waals surface area contributed by atoms with E-state index in [1.807, 2.05) is 48.5 Å². The molecule has 3 aromatic carbocycles. The average Bonchev–Trinajstić information content (AvgIpc) is 2.73. The van der Waals surface area contributed by atoms with Gasteiger partial charge >= 0.3 is 11.6 Å². The van der Waals surface area contributed by atoms with Gasteiger partial charge in [-0.15, -0.1) is 0 Å². The van der Waals surface area contributed by atoms with Crippen LogP contribution in [-0.2, 0) is 4.79 Å². The molecule has 0 spiro atoms. The molecule has 0 saturated carbocycles. The molecular formula is C24H18O5. The first-order valence-electron chi connectivity index (χ1n) is 9.06. The van der Waals surface area contributed by atoms with E-state index >= 15 is 0 Å². The second-order valence-corrected chi connectivity index (χ2v) is 6.49. The molecule has 5 nitrogen and oxygen atoms in total. The van der Waals surface area contributed by atoms with E-state index in [9.17, 15) is 9.59 Å². The summed E-state index contributed by atoms with van der Waals surface area (Å²) in [7, 11) is 1.59. The monoisotopic (exact) mass is 386 g/mol. The van der Waals surface area contributed by atoms with Gasteiger partial charge in [0.25, 0.3) is 0 Å². The fourth-order valence-electron chi connectivity index (χ4n) is 3.33. The number of benzene rings is 3. The van der Waals surface area contributed by atoms with Gasteiger partial charge in [-0.3, -0.25) is 4.79 Å². The van der Waals surface area contributed by atoms with Crippen LogP contribution in [-0.4, -0.2) is 13.1 Å². The number of ether oxygens (including phenoxy) is 2. The molecule has 0 unspecified atom stereocenters. The first-order chi connectivity index (χ1) is 14.1. The van der Waals surface area contributed by atoms with Crippen molar-refractivity contribution < 1.29 is 18.7 Å². The fraction of sp³-hybridized carbons (Fsp3) is 0.0833. The highest BCUT2D eigenvalue weighted by Gasteiger charge is 2.18. The molecule has 0 fully saturated rings. The van der Waals surface area contributed by atoms with Gasteiger partial charge in [0.05, 0.1) is 12.7 Å². The first kappa shape index (κ1) is 18.5. The van der Waals surface area contributed by atoms with Gasteiger partial charge in [-0.2, -0.15) is 0 Å². The molecule has 1 aromatic heterocycles. The summed E-state index contributed by atoms with van der Waals surface area (Å²) in [6.45, 7) is 1.35. The van der Waals surface area contributed by atoms with Crippen molar-refractivity contribution in [2.75, 3.05) is 7.11 Å². The van der Waals surface area contributed by atoms with Crippen LogP contribution in [0.2, 0.25) is 0 Å². The molecule has 4 rings (SSSR count). The normalized spacial score (nSPS) is 10.7. The zero-order valence-corrected chi connectivity index (χ0v) is 16.0. The highest BCUT2D eigenvalue weighted by molar-refractivity contribution is 6.01. The zero-order chi connectivity index (χ0) is 20.4. The predicted molar refractivity (Wildman–Crippen MR) is 111 cm³/mol. The molecule has 0 radical (unpaired) electrons. The van der Waals surface area contributed by atoms with Crippen LogP contribution in [0.3, 0.4) is 0 Å². The summed E-state index contributed by atoms with van der Waals surface area (Å²) < 4.78 is 16.1. The van der Waals surface area contributed by atoms with Crippen LogP contribution < -0.4 is 15.1 Å². The maximum atomic E-state index is 12.9. The second kappa shape index (κ2) is 7.64. The third-order valence-electron chi connectivity index (χ3n) is 4.58. The van der Waals surface area contributed by atoms with E-state index < -0.39 is 11.6 Å². The van der Waals surface area contributed by atoms with Crippen LogP contribution >= 0.6 is 0 Å². The van der Waals surface area contributed by atoms with E-state index in [2.05, 4.69) is 0 Å². The third-order valence-corrected chi connectivity index (χ3v) is 4.58. The molecule has 5 heteroatoms. The van der Waals surface area contributed by atoms with Gasteiger partial charge in [0.15, 0.2) is 0 Å². The quantitative estimate of drug-likeness (QED) is 0.279. The van der Waals surface area contributed by atoms with E-state index in [0.29, 0.717) is 22.6 Å². The van der Waals surface area contributed by atoms with Crippen molar-refractivity contribution in [1.29, 1.82) is 0 Å². The number of esters is 1. The lowest BCUT2D eigenvalue weighted by atomic mass is 9.93. The van der Waals surface area contributed by atoms with E-state index in [4.69, 9.17) is 13.9 Å². The van der Waals surface area contributed by atoms with Crippen LogP contribution in [0.4, 0.5) is 0 Å². The Kier molecular flexibility index (Phi) is 4.87. The molecule has 0 atom stereocenters. The highest BCUT2D eigenvalue weighted by Crippen LogP contribution is 2.37. The molecule has 0 amide bonds. The molecule has 0 bridgehead atoms. The molecule has 0 aliphatic heterocycles. The Balaban J connectivity index is 2.03. The lowest BCUT2D eigenvalue weighted by molar-refractivity contribution is -0.131. The van der Waals surface area contributed by atoms with Crippen LogP contribution in [0.1, 0.15) is 6.92 Å². The number of carbonyl (C=O) groups is 1. The van der Waals surface area contributed by atoms with Gasteiger partial charge in [-0.05, 0) is 41.5 Å². The van der Waals surface area contributed by atoms with Crippen LogP contribution in [0.15, 0.2) is 82.0 Å². The Morgan fingerprint density at radius 1 is 0.828 bits per heavy atom. The Labute approximate surface area is 167 Å². The van der Waals surface area contributed by atoms with Crippen LogP contribution in [0.5, 0.6) is 11.5 Å². The molecule has 0 saturated heterocycles. The number of carbonyl (C=O) groups excluding carboxylic acids is 1. The lowest BCUT2D eigenvalue weighted by Gasteiger charge is -2.13. The number of fused-ring (bicyclic) bond motifs is 1. The molecule has 1 heterocycles. The Morgan fingerprint density at radius 2 is 1.48 bits per heavy atom. The van der Waals surface area contributed by atoms with Gasteiger partial charge in [0, 0.05) is 17.9 Å². The van der Waals surface area contributed by atoms with Crippen molar-refractivity contribution in [2.24, 2.45) is 0 Å². The SMILES string of the molecule is COc1ccc2oc(=O)c(-c3ccccc3)c(-c3ccc(OC(C)=O)cc3)c2c1. The number of hydrogen-bond donors (Lipinski definition) is 0. The van der Waals surface area contributed by atoms with Crippen LogP contribution in [0.25, 0.3) is 33.2 Å². The maximum Gasteiger partial charge on any atom is 0.344 e. The molecule has 0 aliphatic carbocycles. The second-order valence-electron chi connectivity index (χ2n) is 6.49. The Bertz CT molecular complexity index is 1240. The summed E-state index contributed by atoms with van der Waals surface area (Å²) in [5, 5.41) is 0.753. The highest BCUT2D eigenvalue weighted by atomic mass is 16.5. The van der Waals surface area contributed by atoms with Crippen molar-refractivity contribution >= 4 is 16.9 Å². The van der Waals surface area contributed by atoms with Gasteiger partial charge in [0.1, 0.15) is 17.1 Å². The summed E-state index contributed by atoms with van der Waals surface area (Å²) >= 11 is 0. The molecule has 0 N–H and O–H groups in total. The number of hydrogen-bond acceptors (Lipinski definition) is 5. The fourth-order valence-corrected chi connectivity index (χ4v) is 3.33. The minimum absolute atomic E-state index is 0.390. The minimum Gasteiger partial charge on any atom is -0.497 e. The number of rotatable bonds is 4. The van der Waals surface area contributed by atoms with E-state index in [0.717, 1.165) is 22.1 Å². The summed E-state index contributed by atoms with van der Waals surface area (Å²) in [5.74, 6) is 0.703. The van der Waals surface area contributed by atoms with Crippen molar-refractivity contribution in [2.45, 2.75) is 6.92 Å². The van der Waals surface area contributed by atoms with Crippen LogP contribution in [0, 0.1) is 0 Å². The van der Waals surface area contributed by atoms with Crippen molar-refractivity contribution in [3.05, 3.63) is 83.2 Å². The Morgan fingerprint density at radius 3 is 2.14 bits per heavy atom. The van der Waals surface area contributed by atoms with E-state index in [1.165, 1.54) is 6.92 Å². The molecular weight excluding hydrogens is 368 g/mol. The van der Waals surface area contributed by atoms with Gasteiger partial charge in [-0.25, -0.2) is 4.79 Å². The lowest BCUT2D eigenvalue weighted by Crippen LogP contribution is -2.06. The molecule has 144 valence electrons. The van der Waals surface area contributed by atoms with E-state index in [-0.39, 0.29) is 0 Å². The van der Waals surface area contributed by atoms with Gasteiger partial charge in [-0.1, -0.05) is 42.5 Å².